The third-order valence-corrected chi connectivity index (χ3v) is 2.10. The Bertz CT molecular complexity index is 115. The minimum Gasteiger partial charge on any atom is -0.0882 e. The first-order valence-corrected chi connectivity index (χ1v) is 4.80. The highest BCUT2D eigenvalue weighted by atomic mass is 13.9. The summed E-state index contributed by atoms with van der Waals surface area (Å²) in [5.74, 6) is 0. The van der Waals surface area contributed by atoms with E-state index in [0.717, 1.165) is 6.42 Å². The van der Waals surface area contributed by atoms with Crippen LogP contribution in [0.1, 0.15) is 44.9 Å². The fourth-order valence-corrected chi connectivity index (χ4v) is 1.38. The van der Waals surface area contributed by atoms with Crippen LogP contribution in [0.15, 0.2) is 24.3 Å². The average Bonchev–Trinajstić information content (AvgIpc) is 2.08. The maximum Gasteiger partial charge on any atom is -0.0169 e. The van der Waals surface area contributed by atoms with Gasteiger partial charge in [0.1, 0.15) is 0 Å². The Morgan fingerprint density at radius 1 is 0.545 bits per heavy atom. The first-order chi connectivity index (χ1) is 5.50. The van der Waals surface area contributed by atoms with Crippen LogP contribution in [0.3, 0.4) is 0 Å². The van der Waals surface area contributed by atoms with Crippen molar-refractivity contribution in [2.75, 3.05) is 0 Å². The lowest BCUT2D eigenvalue weighted by Crippen LogP contribution is -1.75. The van der Waals surface area contributed by atoms with Crippen LogP contribution in [-0.4, -0.2) is 0 Å². The van der Waals surface area contributed by atoms with E-state index in [0.29, 0.717) is 0 Å². The Hall–Kier alpha value is -0.520. The maximum absolute atomic E-state index is 2.32. The molecule has 0 heterocycles. The van der Waals surface area contributed by atoms with Crippen molar-refractivity contribution in [3.8, 4) is 0 Å². The molecule has 11 heavy (non-hydrogen) atoms. The fraction of sp³-hybridized carbons (Fsp3) is 0.636. The van der Waals surface area contributed by atoms with Gasteiger partial charge in [-0.15, -0.1) is 0 Å². The van der Waals surface area contributed by atoms with Gasteiger partial charge in [0.2, 0.25) is 0 Å². The van der Waals surface area contributed by atoms with Crippen LogP contribution in [0, 0.1) is 0 Å². The van der Waals surface area contributed by atoms with Crippen LogP contribution in [-0.2, 0) is 0 Å². The van der Waals surface area contributed by atoms with Crippen molar-refractivity contribution in [1.82, 2.24) is 0 Å². The molecular formula is C11H18. The van der Waals surface area contributed by atoms with Crippen LogP contribution < -0.4 is 0 Å². The Balaban J connectivity index is 2.22. The minimum absolute atomic E-state index is 1.14. The van der Waals surface area contributed by atoms with Gasteiger partial charge in [-0.25, -0.2) is 0 Å². The van der Waals surface area contributed by atoms with Crippen LogP contribution in [0.2, 0.25) is 0 Å². The average molecular weight is 150 g/mol. The molecule has 0 N–H and O–H groups in total. The summed E-state index contributed by atoms with van der Waals surface area (Å²) in [5, 5.41) is 0. The standard InChI is InChI=1S/C11H18/c1-2-4-6-8-10-11-9-7-5-3-1/h1-2,5,7H,3-4,6,8-11H2/b2-1+,7-5+. The molecule has 0 aliphatic heterocycles. The van der Waals surface area contributed by atoms with E-state index < -0.39 is 0 Å². The SMILES string of the molecule is C1=C/CCCCCC/C=C/C/1. The van der Waals surface area contributed by atoms with Gasteiger partial charge in [-0.1, -0.05) is 37.1 Å². The molecule has 0 aromatic heterocycles. The molecule has 1 aliphatic carbocycles. The van der Waals surface area contributed by atoms with Crippen molar-refractivity contribution in [1.29, 1.82) is 0 Å². The van der Waals surface area contributed by atoms with Gasteiger partial charge in [0, 0.05) is 0 Å². The quantitative estimate of drug-likeness (QED) is 0.460. The largest absolute Gasteiger partial charge is 0.0882 e. The van der Waals surface area contributed by atoms with Crippen LogP contribution in [0.25, 0.3) is 0 Å². The molecule has 0 aromatic carbocycles. The van der Waals surface area contributed by atoms with Gasteiger partial charge in [-0.05, 0) is 32.1 Å². The van der Waals surface area contributed by atoms with Gasteiger partial charge in [-0.2, -0.15) is 0 Å². The van der Waals surface area contributed by atoms with Gasteiger partial charge in [0.05, 0.1) is 0 Å². The number of allylic oxidation sites excluding steroid dienone is 4. The van der Waals surface area contributed by atoms with E-state index in [2.05, 4.69) is 24.3 Å². The summed E-state index contributed by atoms with van der Waals surface area (Å²) in [4.78, 5) is 0. The molecule has 0 saturated carbocycles. The molecule has 0 bridgehead atoms. The number of hydrogen-bond acceptors (Lipinski definition) is 0. The highest BCUT2D eigenvalue weighted by Gasteiger charge is 1.88. The lowest BCUT2D eigenvalue weighted by molar-refractivity contribution is 0.653. The molecule has 0 nitrogen and oxygen atoms in total. The smallest absolute Gasteiger partial charge is 0.0169 e. The first kappa shape index (κ1) is 8.58. The monoisotopic (exact) mass is 150 g/mol. The number of hydrogen-bond donors (Lipinski definition) is 0. The van der Waals surface area contributed by atoms with E-state index in [1.165, 1.54) is 38.5 Å². The molecule has 1 aliphatic rings. The molecule has 0 atom stereocenters. The maximum atomic E-state index is 2.32. The third kappa shape index (κ3) is 4.83. The zero-order valence-electron chi connectivity index (χ0n) is 7.26. The fourth-order valence-electron chi connectivity index (χ4n) is 1.38. The third-order valence-electron chi connectivity index (χ3n) is 2.10. The molecule has 62 valence electrons. The first-order valence-electron chi connectivity index (χ1n) is 4.80. The Kier molecular flexibility index (Phi) is 4.84. The molecule has 0 radical (unpaired) electrons. The van der Waals surface area contributed by atoms with Gasteiger partial charge in [0.15, 0.2) is 0 Å². The molecule has 0 aromatic rings. The van der Waals surface area contributed by atoms with Gasteiger partial charge >= 0.3 is 0 Å². The zero-order valence-corrected chi connectivity index (χ0v) is 7.26. The summed E-state index contributed by atoms with van der Waals surface area (Å²) in [6.45, 7) is 0. The van der Waals surface area contributed by atoms with Gasteiger partial charge in [-0.3, -0.25) is 0 Å². The molecule has 0 saturated heterocycles. The summed E-state index contributed by atoms with van der Waals surface area (Å²) in [6, 6.07) is 0. The normalized spacial score (nSPS) is 26.9. The lowest BCUT2D eigenvalue weighted by atomic mass is 10.1. The van der Waals surface area contributed by atoms with Crippen LogP contribution in [0.4, 0.5) is 0 Å². The summed E-state index contributed by atoms with van der Waals surface area (Å²) in [7, 11) is 0. The molecule has 1 rings (SSSR count). The predicted molar refractivity (Wildman–Crippen MR) is 50.6 cm³/mol. The summed E-state index contributed by atoms with van der Waals surface area (Å²) >= 11 is 0. The topological polar surface area (TPSA) is 0 Å². The van der Waals surface area contributed by atoms with Crippen molar-refractivity contribution in [2.45, 2.75) is 44.9 Å². The highest BCUT2D eigenvalue weighted by molar-refractivity contribution is 4.93. The minimum atomic E-state index is 1.14. The summed E-state index contributed by atoms with van der Waals surface area (Å²) in [5.41, 5.74) is 0. The van der Waals surface area contributed by atoms with Crippen molar-refractivity contribution < 1.29 is 0 Å². The van der Waals surface area contributed by atoms with Crippen molar-refractivity contribution in [3.05, 3.63) is 24.3 Å². The second kappa shape index (κ2) is 6.21. The van der Waals surface area contributed by atoms with E-state index >= 15 is 0 Å². The van der Waals surface area contributed by atoms with E-state index in [1.807, 2.05) is 0 Å². The summed E-state index contributed by atoms with van der Waals surface area (Å²) in [6.07, 6.45) is 18.5. The molecule has 0 amide bonds. The second-order valence-electron chi connectivity index (χ2n) is 3.17. The van der Waals surface area contributed by atoms with E-state index in [1.54, 1.807) is 0 Å². The second-order valence-corrected chi connectivity index (χ2v) is 3.17. The molecule has 0 spiro atoms. The van der Waals surface area contributed by atoms with E-state index in [-0.39, 0.29) is 0 Å². The Morgan fingerprint density at radius 3 is 1.64 bits per heavy atom. The van der Waals surface area contributed by atoms with Gasteiger partial charge < -0.3 is 0 Å². The van der Waals surface area contributed by atoms with E-state index in [4.69, 9.17) is 0 Å². The molecular weight excluding hydrogens is 132 g/mol. The lowest BCUT2D eigenvalue weighted by Gasteiger charge is -1.95. The Morgan fingerprint density at radius 2 is 1.09 bits per heavy atom. The zero-order chi connectivity index (χ0) is 7.78. The predicted octanol–water partition coefficient (Wildman–Crippen LogP) is 3.84. The highest BCUT2D eigenvalue weighted by Crippen LogP contribution is 2.08. The van der Waals surface area contributed by atoms with Crippen LogP contribution in [0.5, 0.6) is 0 Å². The molecule has 0 unspecified atom stereocenters. The van der Waals surface area contributed by atoms with Gasteiger partial charge in [0.25, 0.3) is 0 Å². The van der Waals surface area contributed by atoms with E-state index in [9.17, 15) is 0 Å². The molecule has 0 heteroatoms. The van der Waals surface area contributed by atoms with Crippen molar-refractivity contribution in [3.63, 3.8) is 0 Å². The Labute approximate surface area is 70.0 Å². The van der Waals surface area contributed by atoms with Crippen LogP contribution >= 0.6 is 0 Å². The molecule has 0 fully saturated rings. The van der Waals surface area contributed by atoms with Crippen molar-refractivity contribution in [2.24, 2.45) is 0 Å². The summed E-state index contributed by atoms with van der Waals surface area (Å²) < 4.78 is 0. The van der Waals surface area contributed by atoms with Crippen molar-refractivity contribution >= 4 is 0 Å². The number of rotatable bonds is 0.